The van der Waals surface area contributed by atoms with Gasteiger partial charge in [0.1, 0.15) is 24.3 Å². The Morgan fingerprint density at radius 2 is 2.00 bits per heavy atom. The molecule has 2 atom stereocenters. The van der Waals surface area contributed by atoms with E-state index >= 15 is 0 Å². The highest BCUT2D eigenvalue weighted by molar-refractivity contribution is 5.35. The molecule has 0 aliphatic heterocycles. The third-order valence-electron chi connectivity index (χ3n) is 2.22. The van der Waals surface area contributed by atoms with Gasteiger partial charge in [0, 0.05) is 18.7 Å². The Morgan fingerprint density at radius 1 is 1.29 bits per heavy atom. The van der Waals surface area contributed by atoms with Crippen LogP contribution in [0, 0.1) is 5.82 Å². The largest absolute Gasteiger partial charge is 0.490 e. The van der Waals surface area contributed by atoms with Gasteiger partial charge in [-0.05, 0) is 19.1 Å². The Labute approximate surface area is 99.6 Å². The van der Waals surface area contributed by atoms with Crippen molar-refractivity contribution < 1.29 is 24.1 Å². The molecule has 1 unspecified atom stereocenters. The van der Waals surface area contributed by atoms with Crippen molar-refractivity contribution >= 4 is 0 Å². The molecule has 17 heavy (non-hydrogen) atoms. The summed E-state index contributed by atoms with van der Waals surface area (Å²) in [6, 6.07) is 3.89. The first-order valence-corrected chi connectivity index (χ1v) is 5.32. The van der Waals surface area contributed by atoms with E-state index in [4.69, 9.17) is 9.47 Å². The summed E-state index contributed by atoms with van der Waals surface area (Å²) in [7, 11) is 1.46. The first kappa shape index (κ1) is 13.9. The van der Waals surface area contributed by atoms with Crippen LogP contribution in [0.3, 0.4) is 0 Å². The lowest BCUT2D eigenvalue weighted by molar-refractivity contribution is 0.0316. The number of hydrogen-bond donors (Lipinski definition) is 2. The second-order valence-electron chi connectivity index (χ2n) is 3.78. The van der Waals surface area contributed by atoms with Crippen molar-refractivity contribution in [2.24, 2.45) is 0 Å². The number of hydrogen-bond acceptors (Lipinski definition) is 4. The molecule has 5 heteroatoms. The number of aliphatic hydroxyl groups excluding tert-OH is 2. The standard InChI is InChI=1S/C12H17FO4/c1-8(14)11-4-3-9(13)5-12(11)17-7-10(15)6-16-2/h3-5,8,10,14-15H,6-7H2,1-2H3/t8-,10?/m0/s1. The molecule has 1 rings (SSSR count). The topological polar surface area (TPSA) is 58.9 Å². The van der Waals surface area contributed by atoms with E-state index in [0.29, 0.717) is 5.56 Å². The van der Waals surface area contributed by atoms with E-state index in [2.05, 4.69) is 0 Å². The molecule has 96 valence electrons. The van der Waals surface area contributed by atoms with Gasteiger partial charge in [0.15, 0.2) is 0 Å². The van der Waals surface area contributed by atoms with Gasteiger partial charge in [-0.25, -0.2) is 4.39 Å². The van der Waals surface area contributed by atoms with Crippen LogP contribution in [0.1, 0.15) is 18.6 Å². The second-order valence-corrected chi connectivity index (χ2v) is 3.78. The quantitative estimate of drug-likeness (QED) is 0.791. The molecule has 0 saturated carbocycles. The van der Waals surface area contributed by atoms with Gasteiger partial charge >= 0.3 is 0 Å². The predicted molar refractivity (Wildman–Crippen MR) is 60.4 cm³/mol. The fourth-order valence-corrected chi connectivity index (χ4v) is 1.40. The Hall–Kier alpha value is -1.17. The van der Waals surface area contributed by atoms with E-state index in [1.165, 1.54) is 25.3 Å². The molecular weight excluding hydrogens is 227 g/mol. The molecule has 0 amide bonds. The highest BCUT2D eigenvalue weighted by atomic mass is 19.1. The van der Waals surface area contributed by atoms with Crippen LogP contribution in [0.2, 0.25) is 0 Å². The van der Waals surface area contributed by atoms with Gasteiger partial charge in [0.05, 0.1) is 12.7 Å². The highest BCUT2D eigenvalue weighted by Gasteiger charge is 2.12. The van der Waals surface area contributed by atoms with E-state index in [1.807, 2.05) is 0 Å². The molecule has 0 radical (unpaired) electrons. The molecule has 0 fully saturated rings. The normalized spacial score (nSPS) is 14.4. The van der Waals surface area contributed by atoms with Crippen LogP contribution >= 0.6 is 0 Å². The lowest BCUT2D eigenvalue weighted by atomic mass is 10.1. The van der Waals surface area contributed by atoms with Crippen LogP contribution in [0.15, 0.2) is 18.2 Å². The maximum absolute atomic E-state index is 13.0. The molecule has 0 saturated heterocycles. The minimum absolute atomic E-state index is 0.0169. The van der Waals surface area contributed by atoms with Crippen LogP contribution in [0.25, 0.3) is 0 Å². The molecule has 0 spiro atoms. The van der Waals surface area contributed by atoms with Crippen LogP contribution < -0.4 is 4.74 Å². The highest BCUT2D eigenvalue weighted by Crippen LogP contribution is 2.26. The zero-order valence-corrected chi connectivity index (χ0v) is 9.89. The van der Waals surface area contributed by atoms with Gasteiger partial charge in [0.2, 0.25) is 0 Å². The predicted octanol–water partition coefficient (Wildman–Crippen LogP) is 1.27. The van der Waals surface area contributed by atoms with Crippen molar-refractivity contribution in [3.8, 4) is 5.75 Å². The molecular formula is C12H17FO4. The molecule has 0 aliphatic carbocycles. The van der Waals surface area contributed by atoms with E-state index < -0.39 is 18.0 Å². The lowest BCUT2D eigenvalue weighted by Gasteiger charge is -2.15. The van der Waals surface area contributed by atoms with Crippen molar-refractivity contribution in [2.75, 3.05) is 20.3 Å². The van der Waals surface area contributed by atoms with Crippen molar-refractivity contribution in [3.63, 3.8) is 0 Å². The summed E-state index contributed by atoms with van der Waals surface area (Å²) >= 11 is 0. The summed E-state index contributed by atoms with van der Waals surface area (Å²) in [5, 5.41) is 18.9. The smallest absolute Gasteiger partial charge is 0.128 e. The van der Waals surface area contributed by atoms with Crippen LogP contribution in [-0.4, -0.2) is 36.6 Å². The Morgan fingerprint density at radius 3 is 2.59 bits per heavy atom. The monoisotopic (exact) mass is 244 g/mol. The van der Waals surface area contributed by atoms with Gasteiger partial charge in [-0.1, -0.05) is 0 Å². The number of rotatable bonds is 6. The zero-order valence-electron chi connectivity index (χ0n) is 9.89. The summed E-state index contributed by atoms with van der Waals surface area (Å²) in [6.45, 7) is 1.68. The van der Waals surface area contributed by atoms with Crippen LogP contribution in [-0.2, 0) is 4.74 Å². The van der Waals surface area contributed by atoms with Crippen LogP contribution in [0.4, 0.5) is 4.39 Å². The van der Waals surface area contributed by atoms with Crippen molar-refractivity contribution in [1.29, 1.82) is 0 Å². The lowest BCUT2D eigenvalue weighted by Crippen LogP contribution is -2.23. The van der Waals surface area contributed by atoms with E-state index in [-0.39, 0.29) is 19.0 Å². The molecule has 0 heterocycles. The summed E-state index contributed by atoms with van der Waals surface area (Å²) in [5.41, 5.74) is 0.482. The molecule has 0 aromatic heterocycles. The third-order valence-corrected chi connectivity index (χ3v) is 2.22. The van der Waals surface area contributed by atoms with E-state index in [0.717, 1.165) is 0 Å². The first-order chi connectivity index (χ1) is 8.04. The van der Waals surface area contributed by atoms with Gasteiger partial charge < -0.3 is 19.7 Å². The Bertz CT molecular complexity index is 354. The summed E-state index contributed by atoms with van der Waals surface area (Å²) in [6.07, 6.45) is -1.55. The van der Waals surface area contributed by atoms with Gasteiger partial charge in [-0.3, -0.25) is 0 Å². The van der Waals surface area contributed by atoms with Crippen LogP contribution in [0.5, 0.6) is 5.75 Å². The maximum Gasteiger partial charge on any atom is 0.128 e. The molecule has 2 N–H and O–H groups in total. The summed E-state index contributed by atoms with van der Waals surface area (Å²) in [4.78, 5) is 0. The van der Waals surface area contributed by atoms with Gasteiger partial charge in [-0.15, -0.1) is 0 Å². The Kier molecular flexibility index (Phi) is 5.34. The first-order valence-electron chi connectivity index (χ1n) is 5.32. The molecule has 4 nitrogen and oxygen atoms in total. The Balaban J connectivity index is 2.71. The second kappa shape index (κ2) is 6.54. The SMILES string of the molecule is COCC(O)COc1cc(F)ccc1[C@H](C)O. The number of halogens is 1. The molecule has 0 bridgehead atoms. The zero-order chi connectivity index (χ0) is 12.8. The number of benzene rings is 1. The molecule has 0 aliphatic rings. The van der Waals surface area contributed by atoms with Crippen molar-refractivity contribution in [2.45, 2.75) is 19.1 Å². The third kappa shape index (κ3) is 4.30. The summed E-state index contributed by atoms with van der Waals surface area (Å²) in [5.74, 6) is -0.221. The number of ether oxygens (including phenoxy) is 2. The average Bonchev–Trinajstić information content (AvgIpc) is 2.26. The van der Waals surface area contributed by atoms with Crippen molar-refractivity contribution in [1.82, 2.24) is 0 Å². The van der Waals surface area contributed by atoms with Gasteiger partial charge in [-0.2, -0.15) is 0 Å². The molecule has 1 aromatic carbocycles. The fourth-order valence-electron chi connectivity index (χ4n) is 1.40. The fraction of sp³-hybridized carbons (Fsp3) is 0.500. The van der Waals surface area contributed by atoms with Gasteiger partial charge in [0.25, 0.3) is 0 Å². The maximum atomic E-state index is 13.0. The summed E-state index contributed by atoms with van der Waals surface area (Å²) < 4.78 is 23.0. The van der Waals surface area contributed by atoms with E-state index in [9.17, 15) is 14.6 Å². The number of methoxy groups -OCH3 is 1. The minimum atomic E-state index is -0.787. The molecule has 1 aromatic rings. The van der Waals surface area contributed by atoms with Crippen molar-refractivity contribution in [3.05, 3.63) is 29.6 Å². The average molecular weight is 244 g/mol. The number of aliphatic hydroxyl groups is 2. The van der Waals surface area contributed by atoms with E-state index in [1.54, 1.807) is 6.92 Å². The minimum Gasteiger partial charge on any atom is -0.490 e.